The summed E-state index contributed by atoms with van der Waals surface area (Å²) in [4.78, 5) is 74.1. The van der Waals surface area contributed by atoms with E-state index in [4.69, 9.17) is 10.5 Å². The highest BCUT2D eigenvalue weighted by atomic mass is 16.6. The molecule has 0 aliphatic heterocycles. The Hall–Kier alpha value is -6.55. The average molecular weight is 747 g/mol. The predicted molar refractivity (Wildman–Crippen MR) is 204 cm³/mol. The quantitative estimate of drug-likeness (QED) is 0.0598. The van der Waals surface area contributed by atoms with Crippen LogP contribution in [0.2, 0.25) is 0 Å². The van der Waals surface area contributed by atoms with E-state index in [9.17, 15) is 29.1 Å². The van der Waals surface area contributed by atoms with Gasteiger partial charge in [0.05, 0.1) is 30.2 Å². The highest BCUT2D eigenvalue weighted by Gasteiger charge is 2.31. The van der Waals surface area contributed by atoms with E-state index >= 15 is 0 Å². The van der Waals surface area contributed by atoms with Crippen molar-refractivity contribution >= 4 is 46.2 Å². The fraction of sp³-hybridized carbons (Fsp3) is 0.225. The van der Waals surface area contributed by atoms with Gasteiger partial charge in [0.25, 0.3) is 5.91 Å². The van der Waals surface area contributed by atoms with E-state index in [2.05, 4.69) is 31.3 Å². The summed E-state index contributed by atoms with van der Waals surface area (Å²) in [6.07, 6.45) is -1.21. The Labute approximate surface area is 317 Å². The van der Waals surface area contributed by atoms with E-state index < -0.39 is 54.3 Å². The molecule has 284 valence electrons. The Morgan fingerprint density at radius 2 is 1.53 bits per heavy atom. The molecule has 7 N–H and O–H groups in total. The molecule has 3 atom stereocenters. The number of nitrogens with one attached hydrogen (secondary N) is 4. The van der Waals surface area contributed by atoms with E-state index in [1.165, 1.54) is 23.3 Å². The zero-order valence-electron chi connectivity index (χ0n) is 30.2. The number of para-hydroxylation sites is 2. The molecule has 5 rings (SSSR count). The van der Waals surface area contributed by atoms with Crippen LogP contribution in [0.5, 0.6) is 5.88 Å². The van der Waals surface area contributed by atoms with Crippen LogP contribution in [0.25, 0.3) is 10.9 Å². The highest BCUT2D eigenvalue weighted by Crippen LogP contribution is 2.23. The first-order chi connectivity index (χ1) is 26.5. The molecule has 0 bridgehead atoms. The van der Waals surface area contributed by atoms with Gasteiger partial charge in [-0.3, -0.25) is 24.5 Å². The summed E-state index contributed by atoms with van der Waals surface area (Å²) < 4.78 is 5.22. The maximum atomic E-state index is 14.1. The van der Waals surface area contributed by atoms with Crippen molar-refractivity contribution in [3.8, 4) is 5.88 Å². The molecular weight excluding hydrogens is 704 g/mol. The van der Waals surface area contributed by atoms with Crippen LogP contribution in [0.15, 0.2) is 115 Å². The normalized spacial score (nSPS) is 12.7. The van der Waals surface area contributed by atoms with E-state index in [0.29, 0.717) is 5.52 Å². The lowest BCUT2D eigenvalue weighted by molar-refractivity contribution is -0.131. The number of aliphatic hydroxyl groups is 1. The van der Waals surface area contributed by atoms with Gasteiger partial charge in [0.1, 0.15) is 18.0 Å². The van der Waals surface area contributed by atoms with Crippen molar-refractivity contribution in [3.63, 3.8) is 0 Å². The number of hydrogen-bond acceptors (Lipinski definition) is 11. The maximum Gasteiger partial charge on any atom is 0.418 e. The van der Waals surface area contributed by atoms with Crippen LogP contribution in [-0.4, -0.2) is 74.4 Å². The van der Waals surface area contributed by atoms with Gasteiger partial charge < -0.3 is 26.2 Å². The van der Waals surface area contributed by atoms with Crippen LogP contribution >= 0.6 is 0 Å². The van der Waals surface area contributed by atoms with Crippen LogP contribution in [0.3, 0.4) is 0 Å². The number of carbonyl (C=O) groups is 5. The minimum absolute atomic E-state index is 0.0250. The molecule has 0 saturated carbocycles. The first kappa shape index (κ1) is 39.7. The van der Waals surface area contributed by atoms with Gasteiger partial charge in [-0.1, -0.05) is 78.9 Å². The minimum Gasteiger partial charge on any atom is -0.391 e. The second-order valence-electron chi connectivity index (χ2n) is 12.8. The van der Waals surface area contributed by atoms with Crippen LogP contribution in [-0.2, 0) is 20.8 Å². The van der Waals surface area contributed by atoms with Gasteiger partial charge in [0.2, 0.25) is 17.7 Å². The number of benzene rings is 3. The molecular formula is C40H42N8O7. The molecule has 15 nitrogen and oxygen atoms in total. The zero-order valence-corrected chi connectivity index (χ0v) is 30.2. The number of carbonyl (C=O) groups excluding carboxylic acids is 5. The maximum absolute atomic E-state index is 14.1. The average Bonchev–Trinajstić information content (AvgIpc) is 3.17. The van der Waals surface area contributed by atoms with E-state index in [0.717, 1.165) is 10.9 Å². The van der Waals surface area contributed by atoms with Crippen molar-refractivity contribution in [3.05, 3.63) is 132 Å². The zero-order chi connectivity index (χ0) is 39.3. The molecule has 4 amide bonds. The summed E-state index contributed by atoms with van der Waals surface area (Å²) in [5.41, 5.74) is 10.3. The van der Waals surface area contributed by atoms with Crippen molar-refractivity contribution in [1.29, 1.82) is 0 Å². The van der Waals surface area contributed by atoms with Crippen molar-refractivity contribution in [1.82, 2.24) is 31.0 Å². The molecule has 5 aromatic rings. The van der Waals surface area contributed by atoms with Gasteiger partial charge >= 0.3 is 6.09 Å². The molecule has 0 radical (unpaired) electrons. The Balaban J connectivity index is 1.31. The summed E-state index contributed by atoms with van der Waals surface area (Å²) >= 11 is 0. The van der Waals surface area contributed by atoms with Crippen LogP contribution in [0, 0.1) is 0 Å². The molecule has 2 aromatic heterocycles. The molecule has 15 heteroatoms. The van der Waals surface area contributed by atoms with Crippen LogP contribution in [0.1, 0.15) is 48.1 Å². The predicted octanol–water partition coefficient (Wildman–Crippen LogP) is 3.42. The second-order valence-corrected chi connectivity index (χ2v) is 12.8. The number of hydrazine groups is 1. The topological polar surface area (TPSA) is 218 Å². The molecule has 1 unspecified atom stereocenters. The van der Waals surface area contributed by atoms with Crippen molar-refractivity contribution in [2.24, 2.45) is 5.73 Å². The van der Waals surface area contributed by atoms with Crippen molar-refractivity contribution < 1.29 is 33.8 Å². The van der Waals surface area contributed by atoms with E-state index in [1.807, 2.05) is 18.2 Å². The number of nitrogens with zero attached hydrogens (tertiary/aromatic N) is 3. The molecule has 0 aliphatic rings. The molecule has 0 aliphatic carbocycles. The number of nitrogens with two attached hydrogens (primary N) is 1. The molecule has 0 fully saturated rings. The number of amides is 4. The summed E-state index contributed by atoms with van der Waals surface area (Å²) in [5.74, 6) is -2.72. The van der Waals surface area contributed by atoms with Crippen LogP contribution in [0.4, 0.5) is 10.5 Å². The first-order valence-electron chi connectivity index (χ1n) is 17.5. The third-order valence-electron chi connectivity index (χ3n) is 8.41. The standard InChI is InChI=1S/C40H42N8O7/c1-25(2)48(47-37(51)28-15-7-9-17-30(28)46-40(54)55-36-18-10-11-21-42-36)24-34(49)32(22-26-12-4-3-5-13-26)44-39(53)33(23-35(41)50)45-38(52)31-20-19-27-14-6-8-16-29(27)43-31/h3-21,25,32-33,37,47,51H,22-24H2,1-2H3,(H2,41,50)(H,44,53)(H,45,52)(H,46,54)/t32-,33+,37?/m0/s1. The number of ether oxygens (including phenoxy) is 1. The molecule has 3 aromatic carbocycles. The highest BCUT2D eigenvalue weighted by molar-refractivity contribution is 6.00. The number of rotatable bonds is 17. The van der Waals surface area contributed by atoms with E-state index in [-0.39, 0.29) is 41.8 Å². The van der Waals surface area contributed by atoms with E-state index in [1.54, 1.807) is 92.7 Å². The lowest BCUT2D eigenvalue weighted by Crippen LogP contribution is -2.56. The van der Waals surface area contributed by atoms with Gasteiger partial charge in [-0.05, 0) is 50.1 Å². The molecule has 55 heavy (non-hydrogen) atoms. The minimum atomic E-state index is -1.42. The summed E-state index contributed by atoms with van der Waals surface area (Å²) in [7, 11) is 0. The monoisotopic (exact) mass is 746 g/mol. The van der Waals surface area contributed by atoms with Gasteiger partial charge in [0, 0.05) is 29.3 Å². The fourth-order valence-corrected chi connectivity index (χ4v) is 5.57. The number of ketones is 1. The number of aliphatic hydroxyl groups excluding tert-OH is 1. The summed E-state index contributed by atoms with van der Waals surface area (Å²) in [6.45, 7) is 3.30. The lowest BCUT2D eigenvalue weighted by Gasteiger charge is -2.31. The van der Waals surface area contributed by atoms with Gasteiger partial charge in [-0.25, -0.2) is 25.2 Å². The second kappa shape index (κ2) is 19.0. The first-order valence-corrected chi connectivity index (χ1v) is 17.5. The SMILES string of the molecule is CC(C)N(CC(=O)[C@H](Cc1ccccc1)NC(=O)[C@@H](CC(N)=O)NC(=O)c1ccc2ccccc2n1)NC(O)c1ccccc1NC(=O)Oc1ccccn1. The fourth-order valence-electron chi connectivity index (χ4n) is 5.57. The Morgan fingerprint density at radius 3 is 2.25 bits per heavy atom. The Bertz CT molecular complexity index is 2120. The molecule has 0 spiro atoms. The van der Waals surface area contributed by atoms with Crippen molar-refractivity contribution in [2.45, 2.75) is 51.0 Å². The van der Waals surface area contributed by atoms with Gasteiger partial charge in [-0.2, -0.15) is 0 Å². The Kier molecular flexibility index (Phi) is 13.7. The third kappa shape index (κ3) is 11.5. The number of Topliss-reactive ketones (excluding diaryl/α,β-unsaturated/α-hetero) is 1. The summed E-state index contributed by atoms with van der Waals surface area (Å²) in [5, 5.41) is 21.5. The largest absolute Gasteiger partial charge is 0.418 e. The number of hydrogen-bond donors (Lipinski definition) is 6. The van der Waals surface area contributed by atoms with Crippen LogP contribution < -0.4 is 31.8 Å². The number of anilines is 1. The summed E-state index contributed by atoms with van der Waals surface area (Å²) in [6, 6.07) is 27.9. The number of primary amides is 1. The third-order valence-corrected chi connectivity index (χ3v) is 8.41. The molecule has 2 heterocycles. The van der Waals surface area contributed by atoms with Gasteiger partial charge in [0.15, 0.2) is 5.78 Å². The number of aromatic nitrogens is 2. The Morgan fingerprint density at radius 1 is 0.818 bits per heavy atom. The van der Waals surface area contributed by atoms with Crippen molar-refractivity contribution in [2.75, 3.05) is 11.9 Å². The smallest absolute Gasteiger partial charge is 0.391 e. The molecule has 0 saturated heterocycles. The number of fused-ring (bicyclic) bond motifs is 1. The van der Waals surface area contributed by atoms with Gasteiger partial charge in [-0.15, -0.1) is 0 Å². The number of pyridine rings is 2. The lowest BCUT2D eigenvalue weighted by atomic mass is 10.0.